The molecule has 0 spiro atoms. The van der Waals surface area contributed by atoms with E-state index >= 15 is 0 Å². The third-order valence-electron chi connectivity index (χ3n) is 3.38. The number of amides is 3. The summed E-state index contributed by atoms with van der Waals surface area (Å²) in [5.41, 5.74) is 1.05. The number of nitrogens with zero attached hydrogens (tertiary/aromatic N) is 1. The van der Waals surface area contributed by atoms with E-state index in [1.54, 1.807) is 30.3 Å². The Morgan fingerprint density at radius 2 is 1.88 bits per heavy atom. The first-order valence-corrected chi connectivity index (χ1v) is 8.20. The second-order valence-electron chi connectivity index (χ2n) is 5.24. The molecule has 1 fully saturated rings. The summed E-state index contributed by atoms with van der Waals surface area (Å²) in [6, 6.07) is 14.4. The van der Waals surface area contributed by atoms with Crippen LogP contribution in [0.15, 0.2) is 59.5 Å². The lowest BCUT2D eigenvalue weighted by Gasteiger charge is -2.12. The Bertz CT molecular complexity index is 868. The van der Waals surface area contributed by atoms with Crippen LogP contribution in [0.2, 0.25) is 0 Å². The molecule has 3 amide bonds. The molecule has 1 aliphatic heterocycles. The van der Waals surface area contributed by atoms with Gasteiger partial charge in [-0.1, -0.05) is 30.3 Å². The smallest absolute Gasteiger partial charge is 0.294 e. The molecular weight excluding hydrogens is 343 g/mol. The minimum absolute atomic E-state index is 0.156. The van der Waals surface area contributed by atoms with Gasteiger partial charge in [-0.3, -0.25) is 19.3 Å². The zero-order valence-corrected chi connectivity index (χ0v) is 13.8. The van der Waals surface area contributed by atoms with Crippen molar-refractivity contribution >= 4 is 40.6 Å². The molecule has 0 bridgehead atoms. The number of carbonyl (C=O) groups excluding carboxylic acids is 3. The average molecular weight is 356 g/mol. The largest absolute Gasteiger partial charge is 0.325 e. The summed E-state index contributed by atoms with van der Waals surface area (Å²) < 4.78 is 13.2. The van der Waals surface area contributed by atoms with E-state index in [0.717, 1.165) is 16.7 Å². The summed E-state index contributed by atoms with van der Waals surface area (Å²) in [5, 5.41) is 2.09. The van der Waals surface area contributed by atoms with Gasteiger partial charge in [0.15, 0.2) is 0 Å². The summed E-state index contributed by atoms with van der Waals surface area (Å²) in [6.45, 7) is -0.375. The molecule has 5 nitrogen and oxygen atoms in total. The maximum absolute atomic E-state index is 13.2. The number of nitrogens with one attached hydrogen (secondary N) is 1. The normalized spacial score (nSPS) is 15.7. The van der Waals surface area contributed by atoms with Crippen LogP contribution < -0.4 is 5.32 Å². The van der Waals surface area contributed by atoms with Gasteiger partial charge in [-0.2, -0.15) is 0 Å². The number of hydrogen-bond acceptors (Lipinski definition) is 4. The van der Waals surface area contributed by atoms with Crippen molar-refractivity contribution in [1.29, 1.82) is 0 Å². The molecule has 25 heavy (non-hydrogen) atoms. The van der Waals surface area contributed by atoms with E-state index in [2.05, 4.69) is 5.32 Å². The summed E-state index contributed by atoms with van der Waals surface area (Å²) in [4.78, 5) is 37.4. The van der Waals surface area contributed by atoms with Crippen molar-refractivity contribution in [2.75, 3.05) is 11.9 Å². The van der Waals surface area contributed by atoms with Crippen LogP contribution in [0.3, 0.4) is 0 Å². The maximum atomic E-state index is 13.2. The van der Waals surface area contributed by atoms with Crippen molar-refractivity contribution < 1.29 is 18.8 Å². The van der Waals surface area contributed by atoms with Crippen LogP contribution in [0.1, 0.15) is 5.56 Å². The third kappa shape index (κ3) is 4.13. The highest BCUT2D eigenvalue weighted by Gasteiger charge is 2.36. The highest BCUT2D eigenvalue weighted by Crippen LogP contribution is 2.32. The summed E-state index contributed by atoms with van der Waals surface area (Å²) >= 11 is 0.727. The fraction of sp³-hybridized carbons (Fsp3) is 0.0556. The molecule has 7 heteroatoms. The molecule has 0 unspecified atom stereocenters. The van der Waals surface area contributed by atoms with Gasteiger partial charge in [-0.15, -0.1) is 0 Å². The SMILES string of the molecule is O=C(CN1C(=O)S/C(=C\c2cccc(F)c2)C1=O)Nc1ccccc1. The van der Waals surface area contributed by atoms with Gasteiger partial charge in [-0.25, -0.2) is 4.39 Å². The first-order valence-electron chi connectivity index (χ1n) is 7.39. The highest BCUT2D eigenvalue weighted by atomic mass is 32.2. The number of halogens is 1. The fourth-order valence-electron chi connectivity index (χ4n) is 2.25. The first-order chi connectivity index (χ1) is 12.0. The fourth-order valence-corrected chi connectivity index (χ4v) is 3.09. The number of hydrogen-bond donors (Lipinski definition) is 1. The van der Waals surface area contributed by atoms with Crippen molar-refractivity contribution in [2.24, 2.45) is 0 Å². The van der Waals surface area contributed by atoms with E-state index in [0.29, 0.717) is 11.3 Å². The number of imide groups is 1. The molecule has 0 atom stereocenters. The van der Waals surface area contributed by atoms with Gasteiger partial charge in [0.1, 0.15) is 12.4 Å². The molecule has 126 valence electrons. The molecule has 2 aromatic carbocycles. The van der Waals surface area contributed by atoms with E-state index in [4.69, 9.17) is 0 Å². The Morgan fingerprint density at radius 1 is 1.12 bits per heavy atom. The lowest BCUT2D eigenvalue weighted by molar-refractivity contribution is -0.127. The van der Waals surface area contributed by atoms with Gasteiger partial charge < -0.3 is 5.32 Å². The zero-order valence-electron chi connectivity index (χ0n) is 12.9. The van der Waals surface area contributed by atoms with Gasteiger partial charge in [0.25, 0.3) is 11.1 Å². The lowest BCUT2D eigenvalue weighted by Crippen LogP contribution is -2.36. The van der Waals surface area contributed by atoms with Crippen LogP contribution in [0.5, 0.6) is 0 Å². The number of thioether (sulfide) groups is 1. The molecule has 0 radical (unpaired) electrons. The van der Waals surface area contributed by atoms with E-state index in [9.17, 15) is 18.8 Å². The van der Waals surface area contributed by atoms with Crippen LogP contribution in [0.4, 0.5) is 14.9 Å². The van der Waals surface area contributed by atoms with Crippen molar-refractivity contribution in [1.82, 2.24) is 4.90 Å². The second kappa shape index (κ2) is 7.31. The summed E-state index contributed by atoms with van der Waals surface area (Å²) in [6.07, 6.45) is 1.43. The molecule has 1 heterocycles. The number of para-hydroxylation sites is 1. The molecule has 1 saturated heterocycles. The Morgan fingerprint density at radius 3 is 2.60 bits per heavy atom. The van der Waals surface area contributed by atoms with E-state index in [1.165, 1.54) is 24.3 Å². The van der Waals surface area contributed by atoms with Crippen LogP contribution in [0.25, 0.3) is 6.08 Å². The van der Waals surface area contributed by atoms with Crippen LogP contribution in [0, 0.1) is 5.82 Å². The van der Waals surface area contributed by atoms with Gasteiger partial charge in [0, 0.05) is 5.69 Å². The number of rotatable bonds is 4. The minimum Gasteiger partial charge on any atom is -0.325 e. The van der Waals surface area contributed by atoms with Gasteiger partial charge in [0.05, 0.1) is 4.91 Å². The molecule has 0 aromatic heterocycles. The molecular formula is C18H13FN2O3S. The molecule has 1 aliphatic rings. The van der Waals surface area contributed by atoms with E-state index in [1.807, 2.05) is 6.07 Å². The number of benzene rings is 2. The van der Waals surface area contributed by atoms with E-state index in [-0.39, 0.29) is 11.4 Å². The van der Waals surface area contributed by atoms with Crippen LogP contribution >= 0.6 is 11.8 Å². The second-order valence-corrected chi connectivity index (χ2v) is 6.23. The van der Waals surface area contributed by atoms with Crippen LogP contribution in [-0.2, 0) is 9.59 Å². The Balaban J connectivity index is 1.70. The topological polar surface area (TPSA) is 66.5 Å². The summed E-state index contributed by atoms with van der Waals surface area (Å²) in [5.74, 6) is -1.47. The molecule has 1 N–H and O–H groups in total. The Hall–Kier alpha value is -2.93. The highest BCUT2D eigenvalue weighted by molar-refractivity contribution is 8.18. The molecule has 0 aliphatic carbocycles. The number of carbonyl (C=O) groups is 3. The predicted octanol–water partition coefficient (Wildman–Crippen LogP) is 3.50. The molecule has 2 aromatic rings. The van der Waals surface area contributed by atoms with Gasteiger partial charge in [-0.05, 0) is 47.7 Å². The Labute approximate surface area is 147 Å². The van der Waals surface area contributed by atoms with E-state index < -0.39 is 22.9 Å². The third-order valence-corrected chi connectivity index (χ3v) is 4.29. The quantitative estimate of drug-likeness (QED) is 0.852. The van der Waals surface area contributed by atoms with Crippen molar-refractivity contribution in [3.05, 3.63) is 70.9 Å². The minimum atomic E-state index is -0.567. The predicted molar refractivity (Wildman–Crippen MR) is 94.1 cm³/mol. The first kappa shape index (κ1) is 16.9. The van der Waals surface area contributed by atoms with Crippen molar-refractivity contribution in [3.8, 4) is 0 Å². The van der Waals surface area contributed by atoms with Crippen molar-refractivity contribution in [2.45, 2.75) is 0 Å². The average Bonchev–Trinajstić information content (AvgIpc) is 2.83. The number of anilines is 1. The van der Waals surface area contributed by atoms with Crippen molar-refractivity contribution in [3.63, 3.8) is 0 Å². The van der Waals surface area contributed by atoms with Gasteiger partial charge >= 0.3 is 0 Å². The Kier molecular flexibility index (Phi) is 4.95. The monoisotopic (exact) mass is 356 g/mol. The standard InChI is InChI=1S/C18H13FN2O3S/c19-13-6-4-5-12(9-13)10-15-17(23)21(18(24)25-15)11-16(22)20-14-7-2-1-3-8-14/h1-10H,11H2,(H,20,22)/b15-10-. The molecule has 3 rings (SSSR count). The zero-order chi connectivity index (χ0) is 17.8. The van der Waals surface area contributed by atoms with Crippen LogP contribution in [-0.4, -0.2) is 28.5 Å². The van der Waals surface area contributed by atoms with Gasteiger partial charge in [0.2, 0.25) is 5.91 Å². The summed E-state index contributed by atoms with van der Waals surface area (Å²) in [7, 11) is 0. The lowest BCUT2D eigenvalue weighted by atomic mass is 10.2. The molecule has 0 saturated carbocycles. The maximum Gasteiger partial charge on any atom is 0.294 e.